The van der Waals surface area contributed by atoms with E-state index in [1.807, 2.05) is 91.0 Å². The lowest BCUT2D eigenvalue weighted by atomic mass is 9.77. The zero-order valence-corrected chi connectivity index (χ0v) is 46.0. The molecule has 1 unspecified atom stereocenters. The molecule has 2 fully saturated rings. The first kappa shape index (κ1) is 52.7. The minimum Gasteiger partial charge on any atom is -0.497 e. The molecule has 0 saturated heterocycles. The van der Waals surface area contributed by atoms with Gasteiger partial charge in [0.05, 0.1) is 33.2 Å². The summed E-state index contributed by atoms with van der Waals surface area (Å²) in [6.07, 6.45) is 17.6. The number of benzene rings is 7. The van der Waals surface area contributed by atoms with Crippen LogP contribution in [0.4, 0.5) is 0 Å². The van der Waals surface area contributed by atoms with Crippen LogP contribution in [0.1, 0.15) is 137 Å². The Morgan fingerprint density at radius 2 is 1.17 bits per heavy atom. The second kappa shape index (κ2) is 22.5. The molecular weight excluding hydrogens is 973 g/mol. The Morgan fingerprint density at radius 3 is 1.74 bits per heavy atom. The van der Waals surface area contributed by atoms with Gasteiger partial charge in [-0.1, -0.05) is 131 Å². The number of unbranched alkanes of at least 4 members (excludes halogenated alkanes) is 2. The summed E-state index contributed by atoms with van der Waals surface area (Å²) in [5, 5.41) is 1.62. The predicted molar refractivity (Wildman–Crippen MR) is 308 cm³/mol. The average Bonchev–Trinajstić information content (AvgIpc) is 3.59. The van der Waals surface area contributed by atoms with E-state index in [1.54, 1.807) is 28.4 Å². The lowest BCUT2D eigenvalue weighted by Crippen LogP contribution is -2.35. The number of carbonyl (C=O) groups excluding carboxylic acids is 2. The van der Waals surface area contributed by atoms with Crippen LogP contribution < -0.4 is 28.4 Å². The van der Waals surface area contributed by atoms with Crippen molar-refractivity contribution in [2.24, 2.45) is 17.8 Å². The summed E-state index contributed by atoms with van der Waals surface area (Å²) in [5.41, 5.74) is 8.55. The maximum Gasteiger partial charge on any atom is 0.314 e. The quantitative estimate of drug-likeness (QED) is 0.0502. The topological polar surface area (TPSA) is 98.8 Å². The number of ether oxygens (including phenoxy) is 7. The molecule has 7 aromatic carbocycles. The molecular formula is C69H72O9. The van der Waals surface area contributed by atoms with Crippen LogP contribution in [0.3, 0.4) is 0 Å². The summed E-state index contributed by atoms with van der Waals surface area (Å²) >= 11 is 0. The number of fused-ring (bicyclic) bond motifs is 8. The van der Waals surface area contributed by atoms with Gasteiger partial charge in [-0.05, 0) is 163 Å². The molecule has 1 heterocycles. The van der Waals surface area contributed by atoms with Crippen LogP contribution in [0.15, 0.2) is 140 Å². The molecule has 4 aliphatic rings. The van der Waals surface area contributed by atoms with E-state index < -0.39 is 17.1 Å². The normalized spacial score (nSPS) is 20.9. The molecule has 2 saturated carbocycles. The van der Waals surface area contributed by atoms with Gasteiger partial charge >= 0.3 is 11.9 Å². The third-order valence-corrected chi connectivity index (χ3v) is 17.7. The highest BCUT2D eigenvalue weighted by Crippen LogP contribution is 2.60. The van der Waals surface area contributed by atoms with Gasteiger partial charge in [0.1, 0.15) is 28.6 Å². The fourth-order valence-corrected chi connectivity index (χ4v) is 13.2. The summed E-state index contributed by atoms with van der Waals surface area (Å²) in [7, 11) is 6.67. The van der Waals surface area contributed by atoms with Gasteiger partial charge in [0.2, 0.25) is 0 Å². The number of hydrogen-bond donors (Lipinski definition) is 0. The monoisotopic (exact) mass is 1040 g/mol. The van der Waals surface area contributed by atoms with E-state index in [2.05, 4.69) is 68.5 Å². The van der Waals surface area contributed by atoms with Crippen molar-refractivity contribution in [2.45, 2.75) is 114 Å². The van der Waals surface area contributed by atoms with Gasteiger partial charge in [-0.3, -0.25) is 9.59 Å². The fourth-order valence-electron chi connectivity index (χ4n) is 13.2. The zero-order chi connectivity index (χ0) is 54.0. The number of hydrogen-bond acceptors (Lipinski definition) is 9. The number of methoxy groups -OCH3 is 4. The van der Waals surface area contributed by atoms with Crippen LogP contribution in [0, 0.1) is 17.8 Å². The lowest BCUT2D eigenvalue weighted by Gasteiger charge is -2.39. The van der Waals surface area contributed by atoms with Gasteiger partial charge in [0.25, 0.3) is 0 Å². The number of esters is 2. The summed E-state index contributed by atoms with van der Waals surface area (Å²) in [4.78, 5) is 27.9. The van der Waals surface area contributed by atoms with Crippen molar-refractivity contribution in [3.8, 4) is 56.8 Å². The molecule has 0 radical (unpaired) electrons. The minimum atomic E-state index is -1.08. The third-order valence-electron chi connectivity index (χ3n) is 17.7. The predicted octanol–water partition coefficient (Wildman–Crippen LogP) is 16.3. The Balaban J connectivity index is 0.821. The highest BCUT2D eigenvalue weighted by molar-refractivity contribution is 6.09. The van der Waals surface area contributed by atoms with E-state index in [0.717, 1.165) is 78.3 Å². The Bertz CT molecular complexity index is 3250. The van der Waals surface area contributed by atoms with E-state index in [-0.39, 0.29) is 17.9 Å². The third kappa shape index (κ3) is 9.73. The van der Waals surface area contributed by atoms with E-state index in [4.69, 9.17) is 33.2 Å². The van der Waals surface area contributed by atoms with Gasteiger partial charge in [-0.25, -0.2) is 0 Å². The molecule has 9 heteroatoms. The van der Waals surface area contributed by atoms with Crippen LogP contribution in [0.5, 0.6) is 34.5 Å². The zero-order valence-electron chi connectivity index (χ0n) is 46.0. The SMILES string of the molecule is CCCCC[C@H]1CC[C@H](c2ccc(-c3ccc(OC(=O)C4CCC(C(=O)Oc5cc6c7c(c8c(c6cc5OC)OC(c5ccc(OC)cc5)(c5ccc(OC)cc5)C=C8)C(CC)(OC)c5ccccc5-7)CC4)cc3)cc2)CC1. The van der Waals surface area contributed by atoms with E-state index in [0.29, 0.717) is 61.0 Å². The molecule has 0 N–H and O–H groups in total. The van der Waals surface area contributed by atoms with Crippen molar-refractivity contribution < 1.29 is 42.7 Å². The van der Waals surface area contributed by atoms with Crippen molar-refractivity contribution in [2.75, 3.05) is 28.4 Å². The van der Waals surface area contributed by atoms with Gasteiger partial charge in [-0.15, -0.1) is 0 Å². The molecule has 1 aliphatic heterocycles. The molecule has 78 heavy (non-hydrogen) atoms. The highest BCUT2D eigenvalue weighted by atomic mass is 16.6. The largest absolute Gasteiger partial charge is 0.497 e. The molecule has 402 valence electrons. The maximum absolute atomic E-state index is 14.3. The fraction of sp³-hybridized carbons (Fsp3) is 0.362. The van der Waals surface area contributed by atoms with Gasteiger partial charge < -0.3 is 33.2 Å². The highest BCUT2D eigenvalue weighted by Gasteiger charge is 2.48. The molecule has 11 rings (SSSR count). The Hall–Kier alpha value is -7.36. The second-order valence-corrected chi connectivity index (χ2v) is 21.9. The molecule has 9 nitrogen and oxygen atoms in total. The molecule has 7 aromatic rings. The van der Waals surface area contributed by atoms with Crippen LogP contribution in [0.2, 0.25) is 0 Å². The van der Waals surface area contributed by atoms with E-state index >= 15 is 0 Å². The standard InChI is InChI=1S/C69H72O9/c1-7-9-10-13-44-16-18-45(19-17-44)46-20-22-47(23-21-46)48-28-34-55(35-29-48)76-66(70)49-24-26-50(27-25-49)67(71)77-62-42-58-59(43-61(62)74-5)65-57(64-63(58)56-14-11-12-15-60(56)68(64,8-2)75-6)40-41-69(78-65,51-30-36-53(72-3)37-31-51)52-32-38-54(73-4)39-33-52/h11-12,14-15,20-23,28-45,49-50H,7-10,13,16-19,24-27H2,1-6H3/t44-,45-,49?,50?,68?. The van der Waals surface area contributed by atoms with Crippen LogP contribution in [0.25, 0.3) is 39.1 Å². The maximum atomic E-state index is 14.3. The molecule has 0 amide bonds. The van der Waals surface area contributed by atoms with Crippen molar-refractivity contribution >= 4 is 28.8 Å². The van der Waals surface area contributed by atoms with E-state index in [9.17, 15) is 9.59 Å². The Labute approximate surface area is 459 Å². The van der Waals surface area contributed by atoms with Gasteiger partial charge in [-0.2, -0.15) is 0 Å². The first-order valence-corrected chi connectivity index (χ1v) is 28.3. The first-order chi connectivity index (χ1) is 38.1. The van der Waals surface area contributed by atoms with Gasteiger partial charge in [0, 0.05) is 34.7 Å². The molecule has 3 aliphatic carbocycles. The molecule has 0 bridgehead atoms. The number of rotatable bonds is 17. The first-order valence-electron chi connectivity index (χ1n) is 28.3. The summed E-state index contributed by atoms with van der Waals surface area (Å²) in [5.74, 6) is 3.50. The van der Waals surface area contributed by atoms with Gasteiger partial charge in [0.15, 0.2) is 17.1 Å². The summed E-state index contributed by atoms with van der Waals surface area (Å²) in [6, 6.07) is 45.0. The molecule has 0 spiro atoms. The second-order valence-electron chi connectivity index (χ2n) is 21.9. The van der Waals surface area contributed by atoms with Crippen molar-refractivity contribution in [3.05, 3.63) is 173 Å². The van der Waals surface area contributed by atoms with Crippen molar-refractivity contribution in [3.63, 3.8) is 0 Å². The Kier molecular flexibility index (Phi) is 15.2. The minimum absolute atomic E-state index is 0.271. The van der Waals surface area contributed by atoms with Crippen LogP contribution in [-0.4, -0.2) is 40.4 Å². The molecule has 1 atom stereocenters. The summed E-state index contributed by atoms with van der Waals surface area (Å²) in [6.45, 7) is 4.43. The average molecular weight is 1050 g/mol. The van der Waals surface area contributed by atoms with Crippen molar-refractivity contribution in [1.29, 1.82) is 0 Å². The smallest absolute Gasteiger partial charge is 0.314 e. The van der Waals surface area contributed by atoms with Crippen LogP contribution >= 0.6 is 0 Å². The van der Waals surface area contributed by atoms with Crippen LogP contribution in [-0.2, 0) is 25.5 Å². The Morgan fingerprint density at radius 1 is 0.590 bits per heavy atom. The lowest BCUT2D eigenvalue weighted by molar-refractivity contribution is -0.145. The molecule has 0 aromatic heterocycles. The van der Waals surface area contributed by atoms with Crippen molar-refractivity contribution in [1.82, 2.24) is 0 Å². The summed E-state index contributed by atoms with van der Waals surface area (Å²) < 4.78 is 43.9. The van der Waals surface area contributed by atoms with E-state index in [1.165, 1.54) is 56.9 Å². The number of carbonyl (C=O) groups is 2.